The van der Waals surface area contributed by atoms with Crippen molar-refractivity contribution in [1.82, 2.24) is 14.9 Å². The van der Waals surface area contributed by atoms with Crippen LogP contribution in [0, 0.1) is 0 Å². The molecule has 0 radical (unpaired) electrons. The number of halogens is 2. The maximum absolute atomic E-state index is 12.1. The fraction of sp³-hybridized carbons (Fsp3) is 0.333. The molecule has 1 aliphatic carbocycles. The van der Waals surface area contributed by atoms with Crippen LogP contribution in [0.5, 0.6) is 0 Å². The number of carbonyl (C=O) groups is 1. The summed E-state index contributed by atoms with van der Waals surface area (Å²) in [5.74, 6) is 1.50. The first-order valence-electron chi connectivity index (χ1n) is 6.89. The minimum Gasteiger partial charge on any atom is -0.350 e. The van der Waals surface area contributed by atoms with Crippen LogP contribution in [0.3, 0.4) is 0 Å². The molecular formula is C15H15Cl2N3O. The molecule has 0 bridgehead atoms. The van der Waals surface area contributed by atoms with Crippen molar-refractivity contribution in [3.8, 4) is 0 Å². The lowest BCUT2D eigenvalue weighted by Crippen LogP contribution is -2.27. The molecule has 2 aromatic rings. The molecule has 1 aromatic carbocycles. The van der Waals surface area contributed by atoms with Crippen LogP contribution in [0.2, 0.25) is 10.0 Å². The first-order valence-corrected chi connectivity index (χ1v) is 7.65. The Balaban J connectivity index is 1.58. The first-order chi connectivity index (χ1) is 10.1. The SMILES string of the molecule is O=C(NCCn1ccnc1C1CC1)c1cc(Cl)ccc1Cl. The number of hydrogen-bond donors (Lipinski definition) is 1. The number of rotatable bonds is 5. The lowest BCUT2D eigenvalue weighted by molar-refractivity contribution is 0.0952. The molecule has 1 saturated carbocycles. The molecule has 6 heteroatoms. The molecule has 3 rings (SSSR count). The third kappa shape index (κ3) is 3.39. The highest BCUT2D eigenvalue weighted by Crippen LogP contribution is 2.38. The standard InChI is InChI=1S/C15H15Cl2N3O/c16-11-3-4-13(17)12(9-11)15(21)19-6-8-20-7-5-18-14(20)10-1-2-10/h3-5,7,9-10H,1-2,6,8H2,(H,19,21). The Morgan fingerprint density at radius 2 is 2.19 bits per heavy atom. The number of nitrogens with zero attached hydrogens (tertiary/aromatic N) is 2. The molecule has 1 amide bonds. The van der Waals surface area contributed by atoms with E-state index in [1.165, 1.54) is 12.8 Å². The second-order valence-corrected chi connectivity index (χ2v) is 5.98. The van der Waals surface area contributed by atoms with E-state index in [0.29, 0.717) is 34.6 Å². The minimum absolute atomic E-state index is 0.212. The maximum Gasteiger partial charge on any atom is 0.252 e. The number of nitrogens with one attached hydrogen (secondary N) is 1. The number of carbonyl (C=O) groups excluding carboxylic acids is 1. The molecule has 21 heavy (non-hydrogen) atoms. The number of amides is 1. The van der Waals surface area contributed by atoms with Gasteiger partial charge in [0.05, 0.1) is 10.6 Å². The Kier molecular flexibility index (Phi) is 4.17. The van der Waals surface area contributed by atoms with Gasteiger partial charge in [-0.25, -0.2) is 4.98 Å². The van der Waals surface area contributed by atoms with Crippen molar-refractivity contribution in [3.05, 3.63) is 52.0 Å². The number of benzene rings is 1. The van der Waals surface area contributed by atoms with Crippen LogP contribution >= 0.6 is 23.2 Å². The molecule has 110 valence electrons. The van der Waals surface area contributed by atoms with Gasteiger partial charge in [-0.15, -0.1) is 0 Å². The molecule has 0 spiro atoms. The first kappa shape index (κ1) is 14.4. The van der Waals surface area contributed by atoms with Gasteiger partial charge in [0.25, 0.3) is 5.91 Å². The van der Waals surface area contributed by atoms with Gasteiger partial charge in [-0.1, -0.05) is 23.2 Å². The third-order valence-corrected chi connectivity index (χ3v) is 4.07. The van der Waals surface area contributed by atoms with Crippen LogP contribution in [0.1, 0.15) is 34.9 Å². The second-order valence-electron chi connectivity index (χ2n) is 5.13. The van der Waals surface area contributed by atoms with Gasteiger partial charge in [0, 0.05) is 36.4 Å². The highest BCUT2D eigenvalue weighted by atomic mass is 35.5. The van der Waals surface area contributed by atoms with Gasteiger partial charge < -0.3 is 9.88 Å². The zero-order valence-electron chi connectivity index (χ0n) is 11.4. The van der Waals surface area contributed by atoms with Crippen molar-refractivity contribution in [2.75, 3.05) is 6.54 Å². The van der Waals surface area contributed by atoms with E-state index >= 15 is 0 Å². The summed E-state index contributed by atoms with van der Waals surface area (Å²) in [7, 11) is 0. The van der Waals surface area contributed by atoms with Crippen molar-refractivity contribution in [2.45, 2.75) is 25.3 Å². The summed E-state index contributed by atoms with van der Waals surface area (Å²) in [5, 5.41) is 3.76. The Bertz CT molecular complexity index is 665. The summed E-state index contributed by atoms with van der Waals surface area (Å²) in [4.78, 5) is 16.5. The highest BCUT2D eigenvalue weighted by molar-refractivity contribution is 6.35. The predicted octanol–water partition coefficient (Wildman–Crippen LogP) is 3.50. The molecule has 0 unspecified atom stereocenters. The van der Waals surface area contributed by atoms with E-state index in [1.807, 2.05) is 12.4 Å². The Morgan fingerprint density at radius 3 is 2.95 bits per heavy atom. The second kappa shape index (κ2) is 6.08. The average molecular weight is 324 g/mol. The summed E-state index contributed by atoms with van der Waals surface area (Å²) >= 11 is 11.9. The van der Waals surface area contributed by atoms with E-state index in [0.717, 1.165) is 5.82 Å². The third-order valence-electron chi connectivity index (χ3n) is 3.50. The quantitative estimate of drug-likeness (QED) is 0.915. The van der Waals surface area contributed by atoms with Crippen LogP contribution in [-0.2, 0) is 6.54 Å². The van der Waals surface area contributed by atoms with Crippen molar-refractivity contribution in [3.63, 3.8) is 0 Å². The molecule has 1 aliphatic rings. The number of hydrogen-bond acceptors (Lipinski definition) is 2. The molecule has 1 heterocycles. The lowest BCUT2D eigenvalue weighted by atomic mass is 10.2. The molecule has 0 atom stereocenters. The normalized spacial score (nSPS) is 14.2. The van der Waals surface area contributed by atoms with Gasteiger partial charge >= 0.3 is 0 Å². The largest absolute Gasteiger partial charge is 0.350 e. The Hall–Kier alpha value is -1.52. The zero-order chi connectivity index (χ0) is 14.8. The van der Waals surface area contributed by atoms with Gasteiger partial charge in [0.15, 0.2) is 0 Å². The van der Waals surface area contributed by atoms with E-state index < -0.39 is 0 Å². The fourth-order valence-electron chi connectivity index (χ4n) is 2.27. The topological polar surface area (TPSA) is 46.9 Å². The van der Waals surface area contributed by atoms with Crippen molar-refractivity contribution in [2.24, 2.45) is 0 Å². The monoisotopic (exact) mass is 323 g/mol. The van der Waals surface area contributed by atoms with Crippen LogP contribution in [0.15, 0.2) is 30.6 Å². The minimum atomic E-state index is -0.212. The van der Waals surface area contributed by atoms with Gasteiger partial charge in [-0.05, 0) is 31.0 Å². The van der Waals surface area contributed by atoms with Crippen LogP contribution < -0.4 is 5.32 Å². The van der Waals surface area contributed by atoms with E-state index in [9.17, 15) is 4.79 Å². The van der Waals surface area contributed by atoms with Crippen molar-refractivity contribution in [1.29, 1.82) is 0 Å². The van der Waals surface area contributed by atoms with E-state index in [2.05, 4.69) is 14.9 Å². The molecule has 0 saturated heterocycles. The van der Waals surface area contributed by atoms with E-state index in [1.54, 1.807) is 18.2 Å². The highest BCUT2D eigenvalue weighted by Gasteiger charge is 2.27. The number of imidazole rings is 1. The molecule has 1 aromatic heterocycles. The van der Waals surface area contributed by atoms with Gasteiger partial charge in [0.1, 0.15) is 5.82 Å². The smallest absolute Gasteiger partial charge is 0.252 e. The van der Waals surface area contributed by atoms with Crippen LogP contribution in [-0.4, -0.2) is 22.0 Å². The zero-order valence-corrected chi connectivity index (χ0v) is 12.9. The average Bonchev–Trinajstić information content (AvgIpc) is 3.21. The van der Waals surface area contributed by atoms with Gasteiger partial charge in [-0.2, -0.15) is 0 Å². The van der Waals surface area contributed by atoms with Gasteiger partial charge in [-0.3, -0.25) is 4.79 Å². The number of aromatic nitrogens is 2. The maximum atomic E-state index is 12.1. The molecule has 1 fully saturated rings. The summed E-state index contributed by atoms with van der Waals surface area (Å²) in [6.45, 7) is 1.23. The lowest BCUT2D eigenvalue weighted by Gasteiger charge is -2.09. The fourth-order valence-corrected chi connectivity index (χ4v) is 2.64. The van der Waals surface area contributed by atoms with Crippen molar-refractivity contribution >= 4 is 29.1 Å². The molecule has 4 nitrogen and oxygen atoms in total. The predicted molar refractivity (Wildman–Crippen MR) is 83.0 cm³/mol. The van der Waals surface area contributed by atoms with Gasteiger partial charge in [0.2, 0.25) is 0 Å². The van der Waals surface area contributed by atoms with Crippen LogP contribution in [0.25, 0.3) is 0 Å². The summed E-state index contributed by atoms with van der Waals surface area (Å²) < 4.78 is 2.09. The molecule has 1 N–H and O–H groups in total. The Labute approximate surface area is 133 Å². The summed E-state index contributed by atoms with van der Waals surface area (Å²) in [5.41, 5.74) is 0.400. The van der Waals surface area contributed by atoms with E-state index in [-0.39, 0.29) is 5.91 Å². The summed E-state index contributed by atoms with van der Waals surface area (Å²) in [6, 6.07) is 4.86. The molecular weight excluding hydrogens is 309 g/mol. The van der Waals surface area contributed by atoms with Crippen LogP contribution in [0.4, 0.5) is 0 Å². The van der Waals surface area contributed by atoms with E-state index in [4.69, 9.17) is 23.2 Å². The Morgan fingerprint density at radius 1 is 1.38 bits per heavy atom. The summed E-state index contributed by atoms with van der Waals surface area (Å²) in [6.07, 6.45) is 6.18. The van der Waals surface area contributed by atoms with Crippen molar-refractivity contribution < 1.29 is 4.79 Å². The molecule has 0 aliphatic heterocycles.